The van der Waals surface area contributed by atoms with Gasteiger partial charge in [-0.05, 0) is 75.0 Å². The summed E-state index contributed by atoms with van der Waals surface area (Å²) in [7, 11) is 0. The fourth-order valence-corrected chi connectivity index (χ4v) is 4.17. The van der Waals surface area contributed by atoms with Crippen LogP contribution in [0.5, 0.6) is 5.75 Å². The number of rotatable bonds is 2. The summed E-state index contributed by atoms with van der Waals surface area (Å²) >= 11 is 0. The maximum atomic E-state index is 11.1. The number of hydrogen-bond donors (Lipinski definition) is 2. The standard InChI is InChI=1S/C19H26O2/c1-13-4-3-5-14-6-7-16(12-18(13)14)19(2,21)15-8-10-17(20)11-9-15/h8-11,13,16,20-21H,3-7,12H2,1-2H3. The lowest BCUT2D eigenvalue weighted by Crippen LogP contribution is -2.35. The summed E-state index contributed by atoms with van der Waals surface area (Å²) < 4.78 is 0. The molecule has 2 aliphatic carbocycles. The van der Waals surface area contributed by atoms with Crippen molar-refractivity contribution >= 4 is 0 Å². The van der Waals surface area contributed by atoms with Crippen molar-refractivity contribution < 1.29 is 10.2 Å². The van der Waals surface area contributed by atoms with Crippen molar-refractivity contribution in [3.05, 3.63) is 41.0 Å². The van der Waals surface area contributed by atoms with E-state index in [1.54, 1.807) is 23.3 Å². The zero-order valence-corrected chi connectivity index (χ0v) is 13.1. The van der Waals surface area contributed by atoms with Crippen LogP contribution in [0.15, 0.2) is 35.4 Å². The first-order valence-corrected chi connectivity index (χ1v) is 8.21. The van der Waals surface area contributed by atoms with E-state index in [4.69, 9.17) is 0 Å². The van der Waals surface area contributed by atoms with Crippen molar-refractivity contribution in [2.45, 2.75) is 58.0 Å². The van der Waals surface area contributed by atoms with Gasteiger partial charge in [-0.15, -0.1) is 0 Å². The van der Waals surface area contributed by atoms with Crippen LogP contribution in [0.1, 0.15) is 57.9 Å². The molecule has 2 aliphatic rings. The first kappa shape index (κ1) is 14.6. The molecule has 2 N–H and O–H groups in total. The molecule has 3 unspecified atom stereocenters. The van der Waals surface area contributed by atoms with Gasteiger partial charge in [-0.25, -0.2) is 0 Å². The van der Waals surface area contributed by atoms with Gasteiger partial charge in [-0.3, -0.25) is 0 Å². The molecule has 0 amide bonds. The third-order valence-electron chi connectivity index (χ3n) is 5.67. The maximum Gasteiger partial charge on any atom is 0.115 e. The van der Waals surface area contributed by atoms with Gasteiger partial charge >= 0.3 is 0 Å². The van der Waals surface area contributed by atoms with E-state index in [1.165, 1.54) is 19.3 Å². The highest BCUT2D eigenvalue weighted by Crippen LogP contribution is 2.46. The van der Waals surface area contributed by atoms with Crippen molar-refractivity contribution in [3.63, 3.8) is 0 Å². The lowest BCUT2D eigenvalue weighted by Gasteiger charge is -2.40. The summed E-state index contributed by atoms with van der Waals surface area (Å²) in [5, 5.41) is 20.5. The van der Waals surface area contributed by atoms with E-state index in [-0.39, 0.29) is 11.7 Å². The zero-order chi connectivity index (χ0) is 15.0. The van der Waals surface area contributed by atoms with Gasteiger partial charge in [0, 0.05) is 0 Å². The number of phenolic OH excluding ortho intramolecular Hbond substituents is 1. The first-order valence-electron chi connectivity index (χ1n) is 8.21. The fraction of sp³-hybridized carbons (Fsp3) is 0.579. The van der Waals surface area contributed by atoms with Crippen LogP contribution in [0, 0.1) is 11.8 Å². The quantitative estimate of drug-likeness (QED) is 0.785. The van der Waals surface area contributed by atoms with Crippen molar-refractivity contribution in [3.8, 4) is 5.75 Å². The first-order chi connectivity index (χ1) is 9.98. The number of allylic oxidation sites excluding steroid dienone is 2. The molecule has 1 aromatic carbocycles. The lowest BCUT2D eigenvalue weighted by atomic mass is 9.67. The van der Waals surface area contributed by atoms with Gasteiger partial charge in [0.2, 0.25) is 0 Å². The molecule has 0 saturated heterocycles. The lowest BCUT2D eigenvalue weighted by molar-refractivity contribution is -0.0135. The van der Waals surface area contributed by atoms with E-state index in [9.17, 15) is 10.2 Å². The minimum atomic E-state index is -0.816. The molecule has 2 heteroatoms. The van der Waals surface area contributed by atoms with Gasteiger partial charge in [0.15, 0.2) is 0 Å². The van der Waals surface area contributed by atoms with Gasteiger partial charge in [0.05, 0.1) is 5.60 Å². The topological polar surface area (TPSA) is 40.5 Å². The second-order valence-corrected chi connectivity index (χ2v) is 7.06. The van der Waals surface area contributed by atoms with Crippen molar-refractivity contribution in [2.24, 2.45) is 11.8 Å². The van der Waals surface area contributed by atoms with Gasteiger partial charge in [0.1, 0.15) is 5.75 Å². The molecule has 0 fully saturated rings. The molecule has 0 aromatic heterocycles. The number of phenols is 1. The summed E-state index contributed by atoms with van der Waals surface area (Å²) in [4.78, 5) is 0. The second-order valence-electron chi connectivity index (χ2n) is 7.06. The smallest absolute Gasteiger partial charge is 0.115 e. The number of aromatic hydroxyl groups is 1. The zero-order valence-electron chi connectivity index (χ0n) is 13.1. The minimum absolute atomic E-state index is 0.254. The molecule has 3 rings (SSSR count). The predicted octanol–water partition coefficient (Wildman–Crippen LogP) is 4.52. The summed E-state index contributed by atoms with van der Waals surface area (Å²) in [5.41, 5.74) is 3.39. The largest absolute Gasteiger partial charge is 0.508 e. The molecule has 0 spiro atoms. The highest BCUT2D eigenvalue weighted by Gasteiger charge is 2.38. The highest BCUT2D eigenvalue weighted by molar-refractivity contribution is 5.32. The van der Waals surface area contributed by atoms with E-state index in [1.807, 2.05) is 19.1 Å². The van der Waals surface area contributed by atoms with E-state index in [0.29, 0.717) is 5.92 Å². The fourth-order valence-electron chi connectivity index (χ4n) is 4.17. The van der Waals surface area contributed by atoms with Crippen molar-refractivity contribution in [1.29, 1.82) is 0 Å². The third-order valence-corrected chi connectivity index (χ3v) is 5.67. The van der Waals surface area contributed by atoms with E-state index >= 15 is 0 Å². The summed E-state index contributed by atoms with van der Waals surface area (Å²) in [6, 6.07) is 7.04. The van der Waals surface area contributed by atoms with Gasteiger partial charge < -0.3 is 10.2 Å². The number of aliphatic hydroxyl groups is 1. The summed E-state index contributed by atoms with van der Waals surface area (Å²) in [5.74, 6) is 1.22. The van der Waals surface area contributed by atoms with Crippen LogP contribution in [-0.2, 0) is 5.60 Å². The molecule has 0 bridgehead atoms. The molecule has 0 aliphatic heterocycles. The second kappa shape index (κ2) is 5.49. The SMILES string of the molecule is CC1CCCC2=C1CC(C(C)(O)c1ccc(O)cc1)CC2. The molecule has 0 heterocycles. The van der Waals surface area contributed by atoms with E-state index in [2.05, 4.69) is 6.92 Å². The van der Waals surface area contributed by atoms with Crippen molar-refractivity contribution in [1.82, 2.24) is 0 Å². The Morgan fingerprint density at radius 3 is 2.52 bits per heavy atom. The van der Waals surface area contributed by atoms with Crippen LogP contribution >= 0.6 is 0 Å². The Labute approximate surface area is 127 Å². The maximum absolute atomic E-state index is 11.1. The van der Waals surface area contributed by atoms with Crippen LogP contribution in [0.2, 0.25) is 0 Å². The molecular weight excluding hydrogens is 260 g/mol. The van der Waals surface area contributed by atoms with E-state index in [0.717, 1.165) is 24.8 Å². The van der Waals surface area contributed by atoms with Crippen LogP contribution in [0.3, 0.4) is 0 Å². The Kier molecular flexibility index (Phi) is 3.83. The molecule has 0 radical (unpaired) electrons. The minimum Gasteiger partial charge on any atom is -0.508 e. The van der Waals surface area contributed by atoms with Gasteiger partial charge in [-0.2, -0.15) is 0 Å². The molecule has 0 saturated carbocycles. The van der Waals surface area contributed by atoms with Crippen LogP contribution in [-0.4, -0.2) is 10.2 Å². The molecule has 2 nitrogen and oxygen atoms in total. The van der Waals surface area contributed by atoms with Gasteiger partial charge in [0.25, 0.3) is 0 Å². The van der Waals surface area contributed by atoms with Crippen LogP contribution in [0.25, 0.3) is 0 Å². The third kappa shape index (κ3) is 2.74. The number of benzene rings is 1. The molecule has 1 aromatic rings. The Balaban J connectivity index is 1.84. The van der Waals surface area contributed by atoms with Crippen molar-refractivity contribution in [2.75, 3.05) is 0 Å². The average molecular weight is 286 g/mol. The molecule has 21 heavy (non-hydrogen) atoms. The van der Waals surface area contributed by atoms with E-state index < -0.39 is 5.60 Å². The Bertz CT molecular complexity index is 539. The average Bonchev–Trinajstić information content (AvgIpc) is 2.48. The Morgan fingerprint density at radius 1 is 1.10 bits per heavy atom. The van der Waals surface area contributed by atoms with Crippen LogP contribution in [0.4, 0.5) is 0 Å². The van der Waals surface area contributed by atoms with Gasteiger partial charge in [-0.1, -0.05) is 30.2 Å². The highest BCUT2D eigenvalue weighted by atomic mass is 16.3. The predicted molar refractivity (Wildman–Crippen MR) is 85.1 cm³/mol. The summed E-state index contributed by atoms with van der Waals surface area (Å²) in [6.45, 7) is 4.27. The monoisotopic (exact) mass is 286 g/mol. The Morgan fingerprint density at radius 2 is 1.81 bits per heavy atom. The number of hydrogen-bond acceptors (Lipinski definition) is 2. The van der Waals surface area contributed by atoms with Crippen LogP contribution < -0.4 is 0 Å². The Hall–Kier alpha value is -1.28. The molecule has 114 valence electrons. The molecule has 3 atom stereocenters. The normalized spacial score (nSPS) is 28.9. The summed E-state index contributed by atoms with van der Waals surface area (Å²) in [6.07, 6.45) is 7.15. The molecular formula is C19H26O2.